The predicted molar refractivity (Wildman–Crippen MR) is 30.3 cm³/mol. The first-order valence-corrected chi connectivity index (χ1v) is 2.41. The second-order valence-electron chi connectivity index (χ2n) is 0.793. The quantitative estimate of drug-likeness (QED) is 0.521. The highest BCUT2D eigenvalue weighted by atomic mass is 32.1. The summed E-state index contributed by atoms with van der Waals surface area (Å²) in [4.78, 5) is 0. The molecule has 1 aromatic rings. The molecule has 1 aromatic heterocycles. The summed E-state index contributed by atoms with van der Waals surface area (Å²) >= 11 is 1.71. The Bertz CT molecular complexity index is 64.0. The van der Waals surface area contributed by atoms with Gasteiger partial charge in [0, 0.05) is 0 Å². The van der Waals surface area contributed by atoms with Crippen LogP contribution in [0.2, 0.25) is 0 Å². The Morgan fingerprint density at radius 1 is 1.00 bits per heavy atom. The summed E-state index contributed by atoms with van der Waals surface area (Å²) in [5.74, 6) is 0. The van der Waals surface area contributed by atoms with Gasteiger partial charge < -0.3 is 6.15 Å². The van der Waals surface area contributed by atoms with E-state index in [4.69, 9.17) is 0 Å². The Balaban J connectivity index is 0.000000250. The zero-order valence-corrected chi connectivity index (χ0v) is 4.53. The van der Waals surface area contributed by atoms with E-state index < -0.39 is 0 Å². The molecule has 0 aliphatic carbocycles. The minimum Gasteiger partial charge on any atom is -0.369 e. The molecule has 0 fully saturated rings. The molecule has 0 aromatic carbocycles. The molecule has 2 heteroatoms. The second-order valence-corrected chi connectivity index (χ2v) is 1.61. The molecule has 6 heavy (non-hydrogen) atoms. The molecule has 0 amide bonds. The molecule has 0 aliphatic rings. The molecule has 0 aliphatic heterocycles. The highest BCUT2D eigenvalue weighted by molar-refractivity contribution is 7.07. The van der Waals surface area contributed by atoms with Crippen LogP contribution in [-0.4, -0.2) is 0 Å². The van der Waals surface area contributed by atoms with Crippen molar-refractivity contribution < 1.29 is 0 Å². The van der Waals surface area contributed by atoms with Crippen molar-refractivity contribution in [3.05, 3.63) is 22.9 Å². The summed E-state index contributed by atoms with van der Waals surface area (Å²) in [5, 5.41) is 4.08. The molecule has 0 saturated carbocycles. The number of hydrogen-bond acceptors (Lipinski definition) is 1. The molecular formula is C4H8NS+. The molecular weight excluding hydrogens is 94.1 g/mol. The van der Waals surface area contributed by atoms with Crippen LogP contribution in [0.3, 0.4) is 0 Å². The maximum atomic E-state index is 2.04. The van der Waals surface area contributed by atoms with Gasteiger partial charge in [-0.05, 0) is 10.8 Å². The normalized spacial score (nSPS) is 6.67. The maximum Gasteiger partial charge on any atom is -0.00934 e. The van der Waals surface area contributed by atoms with Crippen LogP contribution in [-0.2, 0) is 0 Å². The highest BCUT2D eigenvalue weighted by Crippen LogP contribution is 1.91. The molecule has 4 N–H and O–H groups in total. The maximum absolute atomic E-state index is 2.04. The van der Waals surface area contributed by atoms with Gasteiger partial charge in [-0.1, -0.05) is 12.1 Å². The van der Waals surface area contributed by atoms with Gasteiger partial charge in [0.15, 0.2) is 0 Å². The summed E-state index contributed by atoms with van der Waals surface area (Å²) in [7, 11) is 0. The van der Waals surface area contributed by atoms with Crippen LogP contribution in [0.4, 0.5) is 0 Å². The molecule has 34 valence electrons. The van der Waals surface area contributed by atoms with Gasteiger partial charge in [-0.15, -0.1) is 0 Å². The molecule has 1 nitrogen and oxygen atoms in total. The van der Waals surface area contributed by atoms with E-state index in [1.807, 2.05) is 22.9 Å². The van der Waals surface area contributed by atoms with Gasteiger partial charge in [0.05, 0.1) is 0 Å². The fourth-order valence-electron chi connectivity index (χ4n) is 0.227. The van der Waals surface area contributed by atoms with Crippen molar-refractivity contribution in [2.75, 3.05) is 0 Å². The summed E-state index contributed by atoms with van der Waals surface area (Å²) in [6.45, 7) is 0. The number of rotatable bonds is 0. The Kier molecular flexibility index (Phi) is 2.71. The first-order chi connectivity index (χ1) is 2.50. The first kappa shape index (κ1) is 5.66. The van der Waals surface area contributed by atoms with Crippen molar-refractivity contribution in [1.82, 2.24) is 6.15 Å². The van der Waals surface area contributed by atoms with Crippen molar-refractivity contribution in [2.24, 2.45) is 0 Å². The Labute approximate surface area is 41.2 Å². The zero-order valence-electron chi connectivity index (χ0n) is 3.72. The van der Waals surface area contributed by atoms with E-state index >= 15 is 0 Å². The van der Waals surface area contributed by atoms with E-state index in [0.717, 1.165) is 0 Å². The minimum absolute atomic E-state index is 0. The van der Waals surface area contributed by atoms with Gasteiger partial charge in [0.1, 0.15) is 0 Å². The molecule has 0 saturated heterocycles. The molecule has 0 unspecified atom stereocenters. The third-order valence-electron chi connectivity index (χ3n) is 0.425. The lowest BCUT2D eigenvalue weighted by Gasteiger charge is -1.39. The molecule has 0 bridgehead atoms. The van der Waals surface area contributed by atoms with E-state index in [0.29, 0.717) is 0 Å². The summed E-state index contributed by atoms with van der Waals surface area (Å²) in [6.07, 6.45) is 0. The zero-order chi connectivity index (χ0) is 3.54. The number of hydrogen-bond donors (Lipinski definition) is 1. The molecule has 0 spiro atoms. The highest BCUT2D eigenvalue weighted by Gasteiger charge is 1.58. The van der Waals surface area contributed by atoms with Crippen molar-refractivity contribution in [3.63, 3.8) is 0 Å². The Morgan fingerprint density at radius 2 is 1.50 bits per heavy atom. The fourth-order valence-corrected chi connectivity index (χ4v) is 0.680. The predicted octanol–water partition coefficient (Wildman–Crippen LogP) is 2.12. The smallest absolute Gasteiger partial charge is 0.00934 e. The topological polar surface area (TPSA) is 36.5 Å². The van der Waals surface area contributed by atoms with Crippen LogP contribution in [0.25, 0.3) is 0 Å². The van der Waals surface area contributed by atoms with Crippen molar-refractivity contribution in [2.45, 2.75) is 0 Å². The minimum atomic E-state index is 0. The SMILES string of the molecule is [NH4+].c1ccsc1. The largest absolute Gasteiger partial charge is 0.369 e. The van der Waals surface area contributed by atoms with Crippen LogP contribution in [0, 0.1) is 0 Å². The molecule has 1 rings (SSSR count). The lowest BCUT2D eigenvalue weighted by Crippen LogP contribution is -1.16. The van der Waals surface area contributed by atoms with Gasteiger partial charge in [-0.25, -0.2) is 0 Å². The van der Waals surface area contributed by atoms with E-state index in [-0.39, 0.29) is 6.15 Å². The summed E-state index contributed by atoms with van der Waals surface area (Å²) in [6, 6.07) is 4.04. The summed E-state index contributed by atoms with van der Waals surface area (Å²) < 4.78 is 0. The van der Waals surface area contributed by atoms with Crippen molar-refractivity contribution in [1.29, 1.82) is 0 Å². The second kappa shape index (κ2) is 2.87. The first-order valence-electron chi connectivity index (χ1n) is 1.47. The number of thiophene rings is 1. The van der Waals surface area contributed by atoms with E-state index in [1.54, 1.807) is 11.3 Å². The van der Waals surface area contributed by atoms with Crippen molar-refractivity contribution in [3.8, 4) is 0 Å². The molecule has 0 radical (unpaired) electrons. The average molecular weight is 102 g/mol. The Hall–Kier alpha value is -0.340. The molecule has 1 heterocycles. The Morgan fingerprint density at radius 3 is 1.67 bits per heavy atom. The van der Waals surface area contributed by atoms with E-state index in [1.165, 1.54) is 0 Å². The lowest BCUT2D eigenvalue weighted by molar-refractivity contribution is 2.03. The van der Waals surface area contributed by atoms with Crippen LogP contribution in [0.1, 0.15) is 0 Å². The fraction of sp³-hybridized carbons (Fsp3) is 0. The standard InChI is InChI=1S/C4H4S.H3N/c1-2-4-5-3-1;/h1-4H;1H3/p+1. The lowest BCUT2D eigenvalue weighted by atomic mass is 10.7. The number of quaternary nitrogens is 1. The van der Waals surface area contributed by atoms with Gasteiger partial charge in [0.2, 0.25) is 0 Å². The van der Waals surface area contributed by atoms with E-state index in [9.17, 15) is 0 Å². The summed E-state index contributed by atoms with van der Waals surface area (Å²) in [5.41, 5.74) is 0. The molecule has 0 atom stereocenters. The monoisotopic (exact) mass is 102 g/mol. The van der Waals surface area contributed by atoms with Gasteiger partial charge in [0.25, 0.3) is 0 Å². The van der Waals surface area contributed by atoms with Crippen LogP contribution >= 0.6 is 11.3 Å². The van der Waals surface area contributed by atoms with Crippen LogP contribution in [0.5, 0.6) is 0 Å². The van der Waals surface area contributed by atoms with Gasteiger partial charge in [-0.2, -0.15) is 11.3 Å². The third kappa shape index (κ3) is 1.19. The van der Waals surface area contributed by atoms with Crippen LogP contribution < -0.4 is 6.15 Å². The van der Waals surface area contributed by atoms with Gasteiger partial charge >= 0.3 is 0 Å². The van der Waals surface area contributed by atoms with Crippen LogP contribution in [0.15, 0.2) is 22.9 Å². The van der Waals surface area contributed by atoms with Gasteiger partial charge in [-0.3, -0.25) is 0 Å². The van der Waals surface area contributed by atoms with E-state index in [2.05, 4.69) is 0 Å². The third-order valence-corrected chi connectivity index (χ3v) is 1.05. The van der Waals surface area contributed by atoms with Crippen molar-refractivity contribution >= 4 is 11.3 Å². The average Bonchev–Trinajstić information content (AvgIpc) is 1.76.